The van der Waals surface area contributed by atoms with Crippen molar-refractivity contribution < 1.29 is 14.2 Å². The summed E-state index contributed by atoms with van der Waals surface area (Å²) in [5.74, 6) is 0.799. The molecule has 96 valence electrons. The zero-order chi connectivity index (χ0) is 11.9. The van der Waals surface area contributed by atoms with Gasteiger partial charge in [-0.1, -0.05) is 0 Å². The van der Waals surface area contributed by atoms with E-state index in [1.807, 2.05) is 17.8 Å². The van der Waals surface area contributed by atoms with Crippen molar-refractivity contribution in [2.75, 3.05) is 26.4 Å². The summed E-state index contributed by atoms with van der Waals surface area (Å²) in [5.41, 5.74) is 0. The van der Waals surface area contributed by atoms with Gasteiger partial charge >= 0.3 is 0 Å². The summed E-state index contributed by atoms with van der Waals surface area (Å²) in [5, 5.41) is 4.13. The van der Waals surface area contributed by atoms with Crippen molar-refractivity contribution in [1.29, 1.82) is 0 Å². The molecule has 1 aliphatic heterocycles. The highest BCUT2D eigenvalue weighted by atomic mass is 16.5. The number of rotatable bonds is 7. The van der Waals surface area contributed by atoms with Crippen molar-refractivity contribution in [2.45, 2.75) is 32.4 Å². The molecule has 0 saturated carbocycles. The summed E-state index contributed by atoms with van der Waals surface area (Å²) in [7, 11) is 0. The van der Waals surface area contributed by atoms with Crippen LogP contribution in [-0.2, 0) is 16.0 Å². The van der Waals surface area contributed by atoms with Crippen LogP contribution >= 0.6 is 0 Å². The van der Waals surface area contributed by atoms with Crippen molar-refractivity contribution in [2.24, 2.45) is 0 Å². The van der Waals surface area contributed by atoms with Gasteiger partial charge in [0.2, 0.25) is 0 Å². The average Bonchev–Trinajstić information content (AvgIpc) is 2.99. The Morgan fingerprint density at radius 3 is 3.18 bits per heavy atom. The highest BCUT2D eigenvalue weighted by molar-refractivity contribution is 5.11. The first kappa shape index (κ1) is 12.4. The van der Waals surface area contributed by atoms with Gasteiger partial charge in [-0.15, -0.1) is 0 Å². The highest BCUT2D eigenvalue weighted by Crippen LogP contribution is 2.12. The number of aryl methyl sites for hydroxylation is 1. The predicted molar refractivity (Wildman–Crippen MR) is 63.2 cm³/mol. The molecule has 5 nitrogen and oxygen atoms in total. The van der Waals surface area contributed by atoms with E-state index in [1.54, 1.807) is 6.20 Å². The zero-order valence-electron chi connectivity index (χ0n) is 10.3. The topological polar surface area (TPSA) is 45.5 Å². The number of hydrogen-bond donors (Lipinski definition) is 0. The van der Waals surface area contributed by atoms with Crippen LogP contribution in [0.4, 0.5) is 0 Å². The second kappa shape index (κ2) is 6.61. The van der Waals surface area contributed by atoms with E-state index in [-0.39, 0.29) is 6.10 Å². The van der Waals surface area contributed by atoms with Crippen LogP contribution in [0.2, 0.25) is 0 Å². The molecule has 17 heavy (non-hydrogen) atoms. The van der Waals surface area contributed by atoms with Crippen molar-refractivity contribution >= 4 is 0 Å². The summed E-state index contributed by atoms with van der Waals surface area (Å²) < 4.78 is 18.3. The maximum Gasteiger partial charge on any atom is 0.157 e. The summed E-state index contributed by atoms with van der Waals surface area (Å²) in [4.78, 5) is 0. The van der Waals surface area contributed by atoms with E-state index in [2.05, 4.69) is 5.10 Å². The van der Waals surface area contributed by atoms with Gasteiger partial charge in [0.25, 0.3) is 0 Å². The van der Waals surface area contributed by atoms with Crippen LogP contribution in [-0.4, -0.2) is 42.3 Å². The SMILES string of the molecule is CCn1cc(OCCOCC2CCCO2)cn1. The molecule has 0 spiro atoms. The normalized spacial score (nSPS) is 19.7. The molecule has 0 bridgehead atoms. The molecule has 0 N–H and O–H groups in total. The van der Waals surface area contributed by atoms with E-state index >= 15 is 0 Å². The summed E-state index contributed by atoms with van der Waals surface area (Å²) in [6, 6.07) is 0. The third-order valence-corrected chi connectivity index (χ3v) is 2.76. The van der Waals surface area contributed by atoms with Gasteiger partial charge < -0.3 is 14.2 Å². The van der Waals surface area contributed by atoms with Gasteiger partial charge in [0, 0.05) is 13.2 Å². The molecule has 1 aliphatic rings. The molecule has 0 aliphatic carbocycles. The number of aromatic nitrogens is 2. The quantitative estimate of drug-likeness (QED) is 0.677. The van der Waals surface area contributed by atoms with Crippen LogP contribution in [0.3, 0.4) is 0 Å². The van der Waals surface area contributed by atoms with Gasteiger partial charge in [-0.2, -0.15) is 5.10 Å². The molecular weight excluding hydrogens is 220 g/mol. The Morgan fingerprint density at radius 2 is 2.47 bits per heavy atom. The molecule has 1 unspecified atom stereocenters. The first-order chi connectivity index (χ1) is 8.38. The minimum atomic E-state index is 0.290. The van der Waals surface area contributed by atoms with Crippen LogP contribution < -0.4 is 4.74 Å². The number of hydrogen-bond acceptors (Lipinski definition) is 4. The third-order valence-electron chi connectivity index (χ3n) is 2.76. The van der Waals surface area contributed by atoms with Gasteiger partial charge in [-0.3, -0.25) is 4.68 Å². The molecule has 1 aromatic rings. The second-order valence-electron chi connectivity index (χ2n) is 4.09. The lowest BCUT2D eigenvalue weighted by Gasteiger charge is -2.10. The molecule has 5 heteroatoms. The highest BCUT2D eigenvalue weighted by Gasteiger charge is 2.14. The van der Waals surface area contributed by atoms with Gasteiger partial charge in [0.1, 0.15) is 6.61 Å². The van der Waals surface area contributed by atoms with Gasteiger partial charge in [-0.05, 0) is 19.8 Å². The fourth-order valence-corrected chi connectivity index (χ4v) is 1.80. The average molecular weight is 240 g/mol. The minimum absolute atomic E-state index is 0.290. The standard InChI is InChI=1S/C12H20N2O3/c1-2-14-9-12(8-13-14)17-7-6-15-10-11-4-3-5-16-11/h8-9,11H,2-7,10H2,1H3. The smallest absolute Gasteiger partial charge is 0.157 e. The van der Waals surface area contributed by atoms with E-state index in [4.69, 9.17) is 14.2 Å². The fraction of sp³-hybridized carbons (Fsp3) is 0.750. The maximum atomic E-state index is 5.50. The first-order valence-electron chi connectivity index (χ1n) is 6.23. The molecule has 1 aromatic heterocycles. The zero-order valence-corrected chi connectivity index (χ0v) is 10.3. The summed E-state index contributed by atoms with van der Waals surface area (Å²) in [6.45, 7) is 5.61. The van der Waals surface area contributed by atoms with Crippen LogP contribution in [0.5, 0.6) is 5.75 Å². The van der Waals surface area contributed by atoms with Crippen molar-refractivity contribution in [3.63, 3.8) is 0 Å². The molecule has 0 aromatic carbocycles. The molecule has 1 fully saturated rings. The molecule has 1 saturated heterocycles. The van der Waals surface area contributed by atoms with Crippen molar-refractivity contribution in [3.8, 4) is 5.75 Å². The van der Waals surface area contributed by atoms with Crippen LogP contribution in [0.15, 0.2) is 12.4 Å². The molecule has 2 rings (SSSR count). The van der Waals surface area contributed by atoms with Crippen LogP contribution in [0.1, 0.15) is 19.8 Å². The maximum absolute atomic E-state index is 5.50. The third kappa shape index (κ3) is 4.02. The van der Waals surface area contributed by atoms with Gasteiger partial charge in [0.05, 0.1) is 31.7 Å². The lowest BCUT2D eigenvalue weighted by molar-refractivity contribution is 0.00852. The first-order valence-corrected chi connectivity index (χ1v) is 6.23. The van der Waals surface area contributed by atoms with Gasteiger partial charge in [0.15, 0.2) is 5.75 Å². The number of nitrogens with zero attached hydrogens (tertiary/aromatic N) is 2. The Kier molecular flexibility index (Phi) is 4.82. The van der Waals surface area contributed by atoms with Gasteiger partial charge in [-0.25, -0.2) is 0 Å². The van der Waals surface area contributed by atoms with E-state index in [0.717, 1.165) is 31.7 Å². The lowest BCUT2D eigenvalue weighted by atomic mass is 10.2. The fourth-order valence-electron chi connectivity index (χ4n) is 1.80. The summed E-state index contributed by atoms with van der Waals surface area (Å²) >= 11 is 0. The summed E-state index contributed by atoms with van der Waals surface area (Å²) in [6.07, 6.45) is 6.17. The minimum Gasteiger partial charge on any atom is -0.488 e. The van der Waals surface area contributed by atoms with Crippen molar-refractivity contribution in [3.05, 3.63) is 12.4 Å². The Balaban J connectivity index is 1.53. The molecule has 0 radical (unpaired) electrons. The molecular formula is C12H20N2O3. The number of ether oxygens (including phenoxy) is 3. The Hall–Kier alpha value is -1.07. The Labute approximate surface area is 102 Å². The largest absolute Gasteiger partial charge is 0.488 e. The Morgan fingerprint density at radius 1 is 1.53 bits per heavy atom. The van der Waals surface area contributed by atoms with E-state index in [1.165, 1.54) is 0 Å². The monoisotopic (exact) mass is 240 g/mol. The van der Waals surface area contributed by atoms with E-state index in [9.17, 15) is 0 Å². The van der Waals surface area contributed by atoms with E-state index in [0.29, 0.717) is 19.8 Å². The predicted octanol–water partition coefficient (Wildman–Crippen LogP) is 1.48. The van der Waals surface area contributed by atoms with E-state index < -0.39 is 0 Å². The lowest BCUT2D eigenvalue weighted by Crippen LogP contribution is -2.17. The van der Waals surface area contributed by atoms with Crippen LogP contribution in [0.25, 0.3) is 0 Å². The Bertz CT molecular complexity index is 321. The second-order valence-corrected chi connectivity index (χ2v) is 4.09. The van der Waals surface area contributed by atoms with Crippen molar-refractivity contribution in [1.82, 2.24) is 9.78 Å². The van der Waals surface area contributed by atoms with Crippen LogP contribution in [0, 0.1) is 0 Å². The molecule has 2 heterocycles. The molecule has 0 amide bonds. The molecule has 1 atom stereocenters.